The lowest BCUT2D eigenvalue weighted by Gasteiger charge is -2.14. The van der Waals surface area contributed by atoms with Crippen LogP contribution in [0.15, 0.2) is 18.2 Å². The van der Waals surface area contributed by atoms with E-state index in [0.717, 1.165) is 0 Å². The topological polar surface area (TPSA) is 40.5 Å². The Labute approximate surface area is 76.6 Å². The van der Waals surface area contributed by atoms with Crippen LogP contribution in [0.4, 0.5) is 4.39 Å². The maximum Gasteiger partial charge on any atom is 0.126 e. The van der Waals surface area contributed by atoms with Crippen molar-refractivity contribution in [1.82, 2.24) is 0 Å². The van der Waals surface area contributed by atoms with Gasteiger partial charge in [0.15, 0.2) is 0 Å². The van der Waals surface area contributed by atoms with Gasteiger partial charge in [0.05, 0.1) is 6.10 Å². The van der Waals surface area contributed by atoms with E-state index < -0.39 is 12.2 Å². The van der Waals surface area contributed by atoms with Gasteiger partial charge in [-0.3, -0.25) is 0 Å². The number of aliphatic hydroxyl groups is 2. The molecule has 0 radical (unpaired) electrons. The smallest absolute Gasteiger partial charge is 0.126 e. The fraction of sp³-hybridized carbons (Fsp3) is 0.400. The first-order valence-electron chi connectivity index (χ1n) is 4.14. The molecule has 13 heavy (non-hydrogen) atoms. The number of rotatable bonds is 2. The van der Waals surface area contributed by atoms with E-state index in [1.54, 1.807) is 6.92 Å². The molecule has 0 aliphatic heterocycles. The monoisotopic (exact) mass is 184 g/mol. The van der Waals surface area contributed by atoms with Gasteiger partial charge in [0.1, 0.15) is 11.9 Å². The van der Waals surface area contributed by atoms with E-state index in [1.165, 1.54) is 25.1 Å². The molecule has 0 bridgehead atoms. The van der Waals surface area contributed by atoms with Gasteiger partial charge in [0, 0.05) is 0 Å². The third kappa shape index (κ3) is 2.26. The summed E-state index contributed by atoms with van der Waals surface area (Å²) in [5, 5.41) is 18.5. The highest BCUT2D eigenvalue weighted by atomic mass is 19.1. The zero-order valence-corrected chi connectivity index (χ0v) is 7.66. The van der Waals surface area contributed by atoms with Crippen molar-refractivity contribution in [3.05, 3.63) is 35.1 Å². The summed E-state index contributed by atoms with van der Waals surface area (Å²) in [5.41, 5.74) is 1.01. The van der Waals surface area contributed by atoms with Gasteiger partial charge in [0.2, 0.25) is 0 Å². The molecule has 2 nitrogen and oxygen atoms in total. The molecule has 3 heteroatoms. The van der Waals surface area contributed by atoms with Crippen molar-refractivity contribution < 1.29 is 14.6 Å². The van der Waals surface area contributed by atoms with E-state index in [4.69, 9.17) is 5.11 Å². The van der Waals surface area contributed by atoms with Crippen molar-refractivity contribution in [2.24, 2.45) is 0 Å². The fourth-order valence-electron chi connectivity index (χ4n) is 1.13. The Morgan fingerprint density at radius 3 is 2.38 bits per heavy atom. The summed E-state index contributed by atoms with van der Waals surface area (Å²) < 4.78 is 12.8. The Bertz CT molecular complexity index is 297. The van der Waals surface area contributed by atoms with Gasteiger partial charge < -0.3 is 10.2 Å². The average molecular weight is 184 g/mol. The molecule has 2 N–H and O–H groups in total. The first-order valence-corrected chi connectivity index (χ1v) is 4.14. The minimum atomic E-state index is -0.945. The number of benzene rings is 1. The molecule has 0 spiro atoms. The van der Waals surface area contributed by atoms with Crippen LogP contribution in [-0.4, -0.2) is 16.3 Å². The number of hydrogen-bond donors (Lipinski definition) is 2. The summed E-state index contributed by atoms with van der Waals surface area (Å²) in [6, 6.07) is 4.29. The van der Waals surface area contributed by atoms with Crippen molar-refractivity contribution in [3.8, 4) is 0 Å². The van der Waals surface area contributed by atoms with Crippen LogP contribution in [0.1, 0.15) is 24.2 Å². The summed E-state index contributed by atoms with van der Waals surface area (Å²) in [5.74, 6) is -0.304. The molecule has 0 fully saturated rings. The maximum absolute atomic E-state index is 12.8. The number of aryl methyl sites for hydroxylation is 1. The van der Waals surface area contributed by atoms with Crippen molar-refractivity contribution in [2.75, 3.05) is 0 Å². The van der Waals surface area contributed by atoms with Crippen molar-refractivity contribution >= 4 is 0 Å². The predicted molar refractivity (Wildman–Crippen MR) is 47.8 cm³/mol. The van der Waals surface area contributed by atoms with Crippen molar-refractivity contribution in [1.29, 1.82) is 0 Å². The highest BCUT2D eigenvalue weighted by molar-refractivity contribution is 5.26. The van der Waals surface area contributed by atoms with Gasteiger partial charge in [-0.15, -0.1) is 0 Å². The van der Waals surface area contributed by atoms with Crippen LogP contribution in [0.25, 0.3) is 0 Å². The molecule has 72 valence electrons. The number of hydrogen-bond acceptors (Lipinski definition) is 2. The Hall–Kier alpha value is -0.930. The van der Waals surface area contributed by atoms with Crippen LogP contribution in [0.2, 0.25) is 0 Å². The Morgan fingerprint density at radius 2 is 1.92 bits per heavy atom. The Kier molecular flexibility index (Phi) is 3.01. The van der Waals surface area contributed by atoms with Gasteiger partial charge in [-0.05, 0) is 31.0 Å². The van der Waals surface area contributed by atoms with E-state index in [1.807, 2.05) is 0 Å². The van der Waals surface area contributed by atoms with Crippen LogP contribution in [-0.2, 0) is 0 Å². The molecule has 0 aliphatic rings. The zero-order valence-electron chi connectivity index (χ0n) is 7.66. The summed E-state index contributed by atoms with van der Waals surface area (Å²) >= 11 is 0. The maximum atomic E-state index is 12.8. The summed E-state index contributed by atoms with van der Waals surface area (Å²) in [7, 11) is 0. The average Bonchev–Trinajstić information content (AvgIpc) is 2.08. The van der Waals surface area contributed by atoms with Crippen molar-refractivity contribution in [3.63, 3.8) is 0 Å². The molecule has 2 atom stereocenters. The van der Waals surface area contributed by atoms with Crippen LogP contribution in [0, 0.1) is 12.7 Å². The van der Waals surface area contributed by atoms with E-state index in [9.17, 15) is 9.50 Å². The summed E-state index contributed by atoms with van der Waals surface area (Å²) in [6.07, 6.45) is -1.79. The minimum absolute atomic E-state index is 0.304. The molecule has 1 rings (SSSR count). The highest BCUT2D eigenvalue weighted by Gasteiger charge is 2.13. The van der Waals surface area contributed by atoms with Crippen molar-refractivity contribution in [2.45, 2.75) is 26.1 Å². The first-order chi connectivity index (χ1) is 6.02. The van der Waals surface area contributed by atoms with Crippen LogP contribution in [0.3, 0.4) is 0 Å². The number of halogens is 1. The zero-order chi connectivity index (χ0) is 10.0. The molecule has 2 unspecified atom stereocenters. The van der Waals surface area contributed by atoms with Gasteiger partial charge in [-0.25, -0.2) is 4.39 Å². The summed E-state index contributed by atoms with van der Waals surface area (Å²) in [6.45, 7) is 3.11. The minimum Gasteiger partial charge on any atom is -0.390 e. The normalized spacial score (nSPS) is 15.5. The van der Waals surface area contributed by atoms with E-state index in [0.29, 0.717) is 11.1 Å². The first kappa shape index (κ1) is 10.2. The molecule has 0 aromatic heterocycles. The lowest BCUT2D eigenvalue weighted by molar-refractivity contribution is 0.0304. The molecule has 0 saturated carbocycles. The molecule has 1 aromatic rings. The third-order valence-corrected chi connectivity index (χ3v) is 1.98. The predicted octanol–water partition coefficient (Wildman–Crippen LogP) is 1.55. The molecule has 0 heterocycles. The largest absolute Gasteiger partial charge is 0.390 e. The second kappa shape index (κ2) is 3.85. The second-order valence-corrected chi connectivity index (χ2v) is 3.19. The molecule has 0 aliphatic carbocycles. The lowest BCUT2D eigenvalue weighted by Crippen LogP contribution is -2.13. The van der Waals surface area contributed by atoms with E-state index in [-0.39, 0.29) is 5.82 Å². The molecular formula is C10H13FO2. The van der Waals surface area contributed by atoms with Gasteiger partial charge in [0.25, 0.3) is 0 Å². The fourth-order valence-corrected chi connectivity index (χ4v) is 1.13. The van der Waals surface area contributed by atoms with Gasteiger partial charge in [-0.2, -0.15) is 0 Å². The highest BCUT2D eigenvalue weighted by Crippen LogP contribution is 2.19. The van der Waals surface area contributed by atoms with Gasteiger partial charge in [-0.1, -0.05) is 12.1 Å². The standard InChI is InChI=1S/C10H13FO2/c1-6-5-8(3-4-9(6)11)10(13)7(2)12/h3-5,7,10,12-13H,1-2H3. The van der Waals surface area contributed by atoms with Crippen LogP contribution in [0.5, 0.6) is 0 Å². The third-order valence-electron chi connectivity index (χ3n) is 1.98. The molecule has 1 aromatic carbocycles. The SMILES string of the molecule is Cc1cc(C(O)C(C)O)ccc1F. The molecular weight excluding hydrogens is 171 g/mol. The number of aliphatic hydroxyl groups excluding tert-OH is 2. The molecule has 0 amide bonds. The van der Waals surface area contributed by atoms with Crippen LogP contribution >= 0.6 is 0 Å². The lowest BCUT2D eigenvalue weighted by atomic mass is 10.0. The van der Waals surface area contributed by atoms with Crippen LogP contribution < -0.4 is 0 Å². The van der Waals surface area contributed by atoms with E-state index >= 15 is 0 Å². The molecule has 0 saturated heterocycles. The van der Waals surface area contributed by atoms with Gasteiger partial charge >= 0.3 is 0 Å². The Balaban J connectivity index is 2.97. The second-order valence-electron chi connectivity index (χ2n) is 3.19. The summed E-state index contributed by atoms with van der Waals surface area (Å²) in [4.78, 5) is 0. The Morgan fingerprint density at radius 1 is 1.31 bits per heavy atom. The van der Waals surface area contributed by atoms with E-state index in [2.05, 4.69) is 0 Å². The quantitative estimate of drug-likeness (QED) is 0.732.